The summed E-state index contributed by atoms with van der Waals surface area (Å²) in [6.07, 6.45) is 1.39. The van der Waals surface area contributed by atoms with Crippen LogP contribution in [-0.2, 0) is 20.9 Å². The predicted octanol–water partition coefficient (Wildman–Crippen LogP) is 3.13. The molecule has 0 aliphatic rings. The van der Waals surface area contributed by atoms with E-state index in [1.165, 1.54) is 18.3 Å². The highest BCUT2D eigenvalue weighted by Crippen LogP contribution is 2.27. The topological polar surface area (TPSA) is 108 Å². The molecular formula is C20H17ClN2O6. The lowest BCUT2D eigenvalue weighted by Crippen LogP contribution is -2.31. The summed E-state index contributed by atoms with van der Waals surface area (Å²) >= 11 is 5.81. The van der Waals surface area contributed by atoms with Gasteiger partial charge < -0.3 is 19.2 Å². The number of esters is 2. The maximum Gasteiger partial charge on any atom is 0.374 e. The summed E-state index contributed by atoms with van der Waals surface area (Å²) in [7, 11) is 0. The summed E-state index contributed by atoms with van der Waals surface area (Å²) in [6.45, 7) is 1.27. The fraction of sp³-hybridized carbons (Fsp3) is 0.200. The lowest BCUT2D eigenvalue weighted by molar-refractivity contribution is -0.143. The molecule has 8 nitrogen and oxygen atoms in total. The van der Waals surface area contributed by atoms with Crippen molar-refractivity contribution in [3.8, 4) is 0 Å². The second-order valence-electron chi connectivity index (χ2n) is 5.83. The largest absolute Gasteiger partial charge is 0.460 e. The van der Waals surface area contributed by atoms with Crippen LogP contribution in [0.2, 0.25) is 5.02 Å². The Kier molecular flexibility index (Phi) is 6.46. The van der Waals surface area contributed by atoms with Crippen molar-refractivity contribution in [1.82, 2.24) is 10.3 Å². The van der Waals surface area contributed by atoms with Crippen LogP contribution in [0.25, 0.3) is 11.0 Å². The normalized spacial score (nSPS) is 10.6. The molecule has 0 fully saturated rings. The van der Waals surface area contributed by atoms with Crippen LogP contribution in [0.3, 0.4) is 0 Å². The van der Waals surface area contributed by atoms with Crippen molar-refractivity contribution in [2.75, 3.05) is 13.2 Å². The summed E-state index contributed by atoms with van der Waals surface area (Å²) in [5.74, 6) is -1.92. The van der Waals surface area contributed by atoms with Crippen LogP contribution in [0.15, 0.2) is 47.0 Å². The molecule has 3 aromatic rings. The number of ether oxygens (including phenoxy) is 2. The Balaban J connectivity index is 1.65. The summed E-state index contributed by atoms with van der Waals surface area (Å²) in [5, 5.41) is 3.39. The van der Waals surface area contributed by atoms with E-state index in [-0.39, 0.29) is 31.2 Å². The van der Waals surface area contributed by atoms with Crippen LogP contribution >= 0.6 is 11.6 Å². The lowest BCUT2D eigenvalue weighted by Gasteiger charge is -2.07. The Labute approximate surface area is 170 Å². The first kappa shape index (κ1) is 20.3. The number of nitrogens with one attached hydrogen (secondary N) is 1. The molecule has 0 aliphatic carbocycles. The van der Waals surface area contributed by atoms with Gasteiger partial charge in [0.2, 0.25) is 5.76 Å². The number of hydrogen-bond acceptors (Lipinski definition) is 7. The summed E-state index contributed by atoms with van der Waals surface area (Å²) in [5.41, 5.74) is 0.952. The maximum absolute atomic E-state index is 12.1. The Morgan fingerprint density at radius 1 is 1.17 bits per heavy atom. The number of hydrogen-bond donors (Lipinski definition) is 1. The molecule has 150 valence electrons. The van der Waals surface area contributed by atoms with Gasteiger partial charge >= 0.3 is 11.9 Å². The maximum atomic E-state index is 12.1. The van der Waals surface area contributed by atoms with Crippen molar-refractivity contribution < 1.29 is 28.3 Å². The molecule has 0 atom stereocenters. The number of rotatable bonds is 7. The van der Waals surface area contributed by atoms with E-state index in [1.807, 2.05) is 0 Å². The molecule has 1 N–H and O–H groups in total. The van der Waals surface area contributed by atoms with Gasteiger partial charge in [0.25, 0.3) is 5.91 Å². The number of benzene rings is 1. The van der Waals surface area contributed by atoms with Crippen molar-refractivity contribution in [2.24, 2.45) is 0 Å². The SMILES string of the molecule is CCOC(=O)c1oc2ccccc2c1COC(=O)CNC(=O)c1cc(Cl)ccn1. The van der Waals surface area contributed by atoms with E-state index < -0.39 is 17.8 Å². The van der Waals surface area contributed by atoms with E-state index in [1.54, 1.807) is 31.2 Å². The second-order valence-corrected chi connectivity index (χ2v) is 6.27. The van der Waals surface area contributed by atoms with Crippen LogP contribution in [-0.4, -0.2) is 36.0 Å². The summed E-state index contributed by atoms with van der Waals surface area (Å²) in [6, 6.07) is 9.89. The van der Waals surface area contributed by atoms with E-state index >= 15 is 0 Å². The molecule has 2 aromatic heterocycles. The van der Waals surface area contributed by atoms with Gasteiger partial charge in [0.1, 0.15) is 24.4 Å². The molecule has 0 spiro atoms. The quantitative estimate of drug-likeness (QED) is 0.589. The van der Waals surface area contributed by atoms with Crippen molar-refractivity contribution in [3.05, 3.63) is 64.6 Å². The number of fused-ring (bicyclic) bond motifs is 1. The number of carbonyl (C=O) groups is 3. The summed E-state index contributed by atoms with van der Waals surface area (Å²) < 4.78 is 15.8. The molecule has 29 heavy (non-hydrogen) atoms. The van der Waals surface area contributed by atoms with Gasteiger partial charge in [-0.2, -0.15) is 0 Å². The van der Waals surface area contributed by atoms with Gasteiger partial charge in [0.15, 0.2) is 0 Å². The smallest absolute Gasteiger partial charge is 0.374 e. The number of pyridine rings is 1. The molecule has 0 saturated heterocycles. The second kappa shape index (κ2) is 9.20. The molecular weight excluding hydrogens is 400 g/mol. The highest BCUT2D eigenvalue weighted by Gasteiger charge is 2.22. The van der Waals surface area contributed by atoms with E-state index in [9.17, 15) is 14.4 Å². The minimum atomic E-state index is -0.694. The zero-order valence-corrected chi connectivity index (χ0v) is 16.2. The van der Waals surface area contributed by atoms with Gasteiger partial charge in [-0.05, 0) is 25.1 Å². The van der Waals surface area contributed by atoms with Crippen molar-refractivity contribution in [3.63, 3.8) is 0 Å². The minimum absolute atomic E-state index is 0.0204. The van der Waals surface area contributed by atoms with Gasteiger partial charge in [-0.25, -0.2) is 4.79 Å². The lowest BCUT2D eigenvalue weighted by atomic mass is 10.1. The molecule has 0 saturated carbocycles. The Hall–Kier alpha value is -3.39. The number of aromatic nitrogens is 1. The molecule has 1 aromatic carbocycles. The van der Waals surface area contributed by atoms with Crippen LogP contribution in [0, 0.1) is 0 Å². The van der Waals surface area contributed by atoms with Crippen molar-refractivity contribution in [2.45, 2.75) is 13.5 Å². The fourth-order valence-electron chi connectivity index (χ4n) is 2.58. The van der Waals surface area contributed by atoms with Crippen molar-refractivity contribution >= 4 is 40.4 Å². The van der Waals surface area contributed by atoms with Crippen LogP contribution in [0.1, 0.15) is 33.5 Å². The number of nitrogens with zero attached hydrogens (tertiary/aromatic N) is 1. The molecule has 0 unspecified atom stereocenters. The first-order valence-corrected chi connectivity index (χ1v) is 9.10. The van der Waals surface area contributed by atoms with Crippen LogP contribution < -0.4 is 5.32 Å². The standard InChI is InChI=1S/C20H17ClN2O6/c1-2-27-20(26)18-14(13-5-3-4-6-16(13)29-18)11-28-17(24)10-23-19(25)15-9-12(21)7-8-22-15/h3-9H,2,10-11H2,1H3,(H,23,25). The molecule has 1 amide bonds. The van der Waals surface area contributed by atoms with Gasteiger partial charge in [-0.1, -0.05) is 29.8 Å². The van der Waals surface area contributed by atoms with E-state index in [0.717, 1.165) is 0 Å². The van der Waals surface area contributed by atoms with Gasteiger partial charge in [-0.15, -0.1) is 0 Å². The Morgan fingerprint density at radius 2 is 1.97 bits per heavy atom. The third-order valence-electron chi connectivity index (χ3n) is 3.88. The first-order valence-electron chi connectivity index (χ1n) is 8.72. The highest BCUT2D eigenvalue weighted by atomic mass is 35.5. The summed E-state index contributed by atoms with van der Waals surface area (Å²) in [4.78, 5) is 40.1. The molecule has 2 heterocycles. The van der Waals surface area contributed by atoms with E-state index in [2.05, 4.69) is 10.3 Å². The number of para-hydroxylation sites is 1. The van der Waals surface area contributed by atoms with Gasteiger partial charge in [-0.3, -0.25) is 14.6 Å². The van der Waals surface area contributed by atoms with Gasteiger partial charge in [0, 0.05) is 16.6 Å². The Bertz CT molecular complexity index is 1060. The Morgan fingerprint density at radius 3 is 2.72 bits per heavy atom. The molecule has 9 heteroatoms. The van der Waals surface area contributed by atoms with Crippen molar-refractivity contribution in [1.29, 1.82) is 0 Å². The average Bonchev–Trinajstić information content (AvgIpc) is 3.09. The van der Waals surface area contributed by atoms with Crippen LogP contribution in [0.5, 0.6) is 0 Å². The monoisotopic (exact) mass is 416 g/mol. The number of furan rings is 1. The van der Waals surface area contributed by atoms with Crippen LogP contribution in [0.4, 0.5) is 0 Å². The number of amides is 1. The highest BCUT2D eigenvalue weighted by molar-refractivity contribution is 6.30. The van der Waals surface area contributed by atoms with Gasteiger partial charge in [0.05, 0.1) is 12.2 Å². The molecule has 0 radical (unpaired) electrons. The molecule has 0 aliphatic heterocycles. The third kappa shape index (κ3) is 4.91. The van der Waals surface area contributed by atoms with E-state index in [0.29, 0.717) is 21.6 Å². The molecule has 0 bridgehead atoms. The number of halogens is 1. The fourth-order valence-corrected chi connectivity index (χ4v) is 2.74. The minimum Gasteiger partial charge on any atom is -0.460 e. The molecule has 3 rings (SSSR count). The zero-order valence-electron chi connectivity index (χ0n) is 15.4. The first-order chi connectivity index (χ1) is 14.0. The zero-order chi connectivity index (χ0) is 20.8. The van der Waals surface area contributed by atoms with E-state index in [4.69, 9.17) is 25.5 Å². The third-order valence-corrected chi connectivity index (χ3v) is 4.12. The average molecular weight is 417 g/mol. The predicted molar refractivity (Wildman–Crippen MR) is 104 cm³/mol. The number of carbonyl (C=O) groups excluding carboxylic acids is 3.